The number of aliphatic hydroxyl groups is 1. The number of allylic oxidation sites excluding steroid dienone is 3. The van der Waals surface area contributed by atoms with Gasteiger partial charge in [-0.15, -0.1) is 0 Å². The van der Waals surface area contributed by atoms with Crippen LogP contribution in [0.1, 0.15) is 33.1 Å². The summed E-state index contributed by atoms with van der Waals surface area (Å²) in [7, 11) is 0. The molecule has 0 spiro atoms. The molecule has 0 bridgehead atoms. The summed E-state index contributed by atoms with van der Waals surface area (Å²) in [5, 5.41) is 10.8. The van der Waals surface area contributed by atoms with Crippen molar-refractivity contribution in [3.05, 3.63) is 34.4 Å². The van der Waals surface area contributed by atoms with E-state index in [1.807, 2.05) is 6.92 Å². The maximum Gasteiger partial charge on any atom is 0.405 e. The number of rotatable bonds is 8. The lowest BCUT2D eigenvalue weighted by molar-refractivity contribution is 0.0222. The molecule has 0 saturated heterocycles. The molecule has 0 aromatic carbocycles. The summed E-state index contributed by atoms with van der Waals surface area (Å²) in [5.41, 5.74) is 5.49. The van der Waals surface area contributed by atoms with Gasteiger partial charge in [0.25, 0.3) is 0 Å². The molecule has 1 amide bonds. The highest BCUT2D eigenvalue weighted by atomic mass is 35.5. The molecule has 0 aliphatic rings. The standard InChI is InChI=1S/C14H21Cl2NO3/c1-4-5-6-12(18)13(20-14(17)19)11(10(3)16)8-7-9(2)15/h7-8,12-13,18H,2,4-6H2,1,3H3,(H2,17,19). The number of halogens is 2. The monoisotopic (exact) mass is 321 g/mol. The molecule has 0 saturated carbocycles. The molecular formula is C14H21Cl2NO3. The maximum atomic E-state index is 11.0. The number of ether oxygens (including phenoxy) is 1. The quantitative estimate of drug-likeness (QED) is 0.667. The van der Waals surface area contributed by atoms with E-state index in [4.69, 9.17) is 33.7 Å². The molecule has 3 N–H and O–H groups in total. The van der Waals surface area contributed by atoms with Crippen molar-refractivity contribution < 1.29 is 14.6 Å². The zero-order chi connectivity index (χ0) is 15.7. The number of aliphatic hydroxyl groups excluding tert-OH is 1. The van der Waals surface area contributed by atoms with Crippen LogP contribution in [0.2, 0.25) is 0 Å². The molecular weight excluding hydrogens is 301 g/mol. The first-order chi connectivity index (χ1) is 9.29. The van der Waals surface area contributed by atoms with Gasteiger partial charge in [-0.1, -0.05) is 55.6 Å². The second kappa shape index (κ2) is 9.86. The maximum absolute atomic E-state index is 11.0. The Kier molecular flexibility index (Phi) is 9.38. The van der Waals surface area contributed by atoms with Crippen LogP contribution in [0.3, 0.4) is 0 Å². The highest BCUT2D eigenvalue weighted by Gasteiger charge is 2.26. The molecule has 6 heteroatoms. The number of carbonyl (C=O) groups is 1. The molecule has 4 nitrogen and oxygen atoms in total. The summed E-state index contributed by atoms with van der Waals surface area (Å²) in [6.07, 6.45) is 2.45. The Labute approximate surface area is 129 Å². The van der Waals surface area contributed by atoms with Crippen molar-refractivity contribution in [2.45, 2.75) is 45.3 Å². The van der Waals surface area contributed by atoms with Crippen molar-refractivity contribution >= 4 is 29.3 Å². The molecule has 0 aliphatic carbocycles. The zero-order valence-electron chi connectivity index (χ0n) is 11.7. The van der Waals surface area contributed by atoms with Gasteiger partial charge in [-0.25, -0.2) is 4.79 Å². The van der Waals surface area contributed by atoms with Crippen LogP contribution in [0, 0.1) is 0 Å². The second-order valence-electron chi connectivity index (χ2n) is 4.34. The first-order valence-electron chi connectivity index (χ1n) is 6.32. The van der Waals surface area contributed by atoms with Crippen molar-refractivity contribution in [1.29, 1.82) is 0 Å². The molecule has 0 aromatic rings. The Hall–Kier alpha value is -0.970. The summed E-state index contributed by atoms with van der Waals surface area (Å²) in [6, 6.07) is 0. The summed E-state index contributed by atoms with van der Waals surface area (Å²) in [6.45, 7) is 7.14. The molecule has 0 heterocycles. The molecule has 20 heavy (non-hydrogen) atoms. The smallest absolute Gasteiger partial charge is 0.405 e. The predicted molar refractivity (Wildman–Crippen MR) is 82.7 cm³/mol. The zero-order valence-corrected chi connectivity index (χ0v) is 13.2. The molecule has 0 aliphatic heterocycles. The fraction of sp³-hybridized carbons (Fsp3) is 0.500. The van der Waals surface area contributed by atoms with Gasteiger partial charge in [0.05, 0.1) is 6.10 Å². The summed E-state index contributed by atoms with van der Waals surface area (Å²) in [4.78, 5) is 11.0. The van der Waals surface area contributed by atoms with E-state index in [0.29, 0.717) is 22.1 Å². The van der Waals surface area contributed by atoms with Gasteiger partial charge in [0, 0.05) is 15.6 Å². The van der Waals surface area contributed by atoms with E-state index >= 15 is 0 Å². The van der Waals surface area contributed by atoms with Gasteiger partial charge < -0.3 is 15.6 Å². The topological polar surface area (TPSA) is 72.5 Å². The molecule has 2 atom stereocenters. The Morgan fingerprint density at radius 1 is 1.45 bits per heavy atom. The predicted octanol–water partition coefficient (Wildman–Crippen LogP) is 3.82. The number of amides is 1. The van der Waals surface area contributed by atoms with E-state index in [9.17, 15) is 9.90 Å². The molecule has 0 rings (SSSR count). The minimum atomic E-state index is -0.973. The van der Waals surface area contributed by atoms with Gasteiger partial charge >= 0.3 is 6.09 Å². The lowest BCUT2D eigenvalue weighted by Crippen LogP contribution is -2.35. The van der Waals surface area contributed by atoms with Crippen molar-refractivity contribution in [3.63, 3.8) is 0 Å². The molecule has 0 aromatic heterocycles. The van der Waals surface area contributed by atoms with E-state index in [1.165, 1.54) is 6.08 Å². The third kappa shape index (κ3) is 7.58. The van der Waals surface area contributed by atoms with E-state index in [2.05, 4.69) is 6.58 Å². The normalized spacial score (nSPS) is 15.7. The summed E-state index contributed by atoms with van der Waals surface area (Å²) in [5.74, 6) is 0. The average Bonchev–Trinajstić information content (AvgIpc) is 2.33. The largest absolute Gasteiger partial charge is 0.439 e. The van der Waals surface area contributed by atoms with E-state index in [-0.39, 0.29) is 0 Å². The van der Waals surface area contributed by atoms with Crippen molar-refractivity contribution in [3.8, 4) is 0 Å². The van der Waals surface area contributed by atoms with Crippen LogP contribution in [-0.4, -0.2) is 23.4 Å². The fourth-order valence-corrected chi connectivity index (χ4v) is 1.86. The van der Waals surface area contributed by atoms with Crippen LogP contribution < -0.4 is 5.73 Å². The number of hydrogen-bond donors (Lipinski definition) is 2. The van der Waals surface area contributed by atoms with Crippen molar-refractivity contribution in [2.75, 3.05) is 0 Å². The number of hydrogen-bond acceptors (Lipinski definition) is 3. The Morgan fingerprint density at radius 3 is 2.45 bits per heavy atom. The number of nitrogens with two attached hydrogens (primary N) is 1. The van der Waals surface area contributed by atoms with E-state index in [1.54, 1.807) is 13.0 Å². The Morgan fingerprint density at radius 2 is 2.05 bits per heavy atom. The minimum absolute atomic E-state index is 0.293. The van der Waals surface area contributed by atoms with Crippen LogP contribution >= 0.6 is 23.2 Å². The van der Waals surface area contributed by atoms with Crippen LogP contribution in [-0.2, 0) is 4.74 Å². The van der Waals surface area contributed by atoms with Crippen LogP contribution in [0.5, 0.6) is 0 Å². The number of carbonyl (C=O) groups excluding carboxylic acids is 1. The van der Waals surface area contributed by atoms with Gasteiger partial charge in [0.15, 0.2) is 6.10 Å². The lowest BCUT2D eigenvalue weighted by Gasteiger charge is -2.24. The molecule has 2 unspecified atom stereocenters. The van der Waals surface area contributed by atoms with Crippen LogP contribution in [0.4, 0.5) is 4.79 Å². The molecule has 0 radical (unpaired) electrons. The third-order valence-corrected chi connectivity index (χ3v) is 2.94. The van der Waals surface area contributed by atoms with Gasteiger partial charge in [-0.3, -0.25) is 0 Å². The van der Waals surface area contributed by atoms with Crippen molar-refractivity contribution in [1.82, 2.24) is 0 Å². The minimum Gasteiger partial charge on any atom is -0.439 e. The van der Waals surface area contributed by atoms with E-state index in [0.717, 1.165) is 12.8 Å². The average molecular weight is 322 g/mol. The summed E-state index contributed by atoms with van der Waals surface area (Å²) >= 11 is 11.7. The summed E-state index contributed by atoms with van der Waals surface area (Å²) < 4.78 is 4.99. The Balaban J connectivity index is 5.28. The fourth-order valence-electron chi connectivity index (χ4n) is 1.62. The first kappa shape index (κ1) is 19.0. The third-order valence-electron chi connectivity index (χ3n) is 2.59. The molecule has 114 valence electrons. The highest BCUT2D eigenvalue weighted by molar-refractivity contribution is 6.31. The lowest BCUT2D eigenvalue weighted by atomic mass is 9.99. The second-order valence-corrected chi connectivity index (χ2v) is 5.39. The van der Waals surface area contributed by atoms with E-state index < -0.39 is 18.3 Å². The Bertz CT molecular complexity index is 401. The van der Waals surface area contributed by atoms with Gasteiger partial charge in [0.1, 0.15) is 0 Å². The highest BCUT2D eigenvalue weighted by Crippen LogP contribution is 2.23. The first-order valence-corrected chi connectivity index (χ1v) is 7.08. The van der Waals surface area contributed by atoms with Gasteiger partial charge in [0.2, 0.25) is 0 Å². The van der Waals surface area contributed by atoms with Crippen LogP contribution in [0.25, 0.3) is 0 Å². The van der Waals surface area contributed by atoms with Crippen molar-refractivity contribution in [2.24, 2.45) is 5.73 Å². The van der Waals surface area contributed by atoms with Gasteiger partial charge in [-0.05, 0) is 19.4 Å². The number of unbranched alkanes of at least 4 members (excludes halogenated alkanes) is 1. The SMILES string of the molecule is C=C(Cl)C=CC(=C(C)Cl)C(OC(N)=O)C(O)CCCC. The number of primary amides is 1. The molecule has 0 fully saturated rings. The van der Waals surface area contributed by atoms with Crippen LogP contribution in [0.15, 0.2) is 34.4 Å². The van der Waals surface area contributed by atoms with Gasteiger partial charge in [-0.2, -0.15) is 0 Å².